The predicted molar refractivity (Wildman–Crippen MR) is 113 cm³/mol. The molecular formula is C21H36N4O6. The molecule has 2 rings (SSSR count). The first-order valence-electron chi connectivity index (χ1n) is 11.2. The number of hydrogen-bond acceptors (Lipinski definition) is 6. The number of aliphatic carboxylic acids is 1. The Bertz CT molecular complexity index is 623. The number of methoxy groups -OCH3 is 1. The maximum atomic E-state index is 12.6. The Morgan fingerprint density at radius 2 is 1.90 bits per heavy atom. The number of nitrogens with one attached hydrogen (secondary N) is 3. The van der Waals surface area contributed by atoms with Crippen molar-refractivity contribution in [2.24, 2.45) is 11.8 Å². The van der Waals surface area contributed by atoms with Gasteiger partial charge in [0.25, 0.3) is 0 Å². The van der Waals surface area contributed by atoms with Crippen molar-refractivity contribution in [2.45, 2.75) is 51.0 Å². The van der Waals surface area contributed by atoms with E-state index in [1.807, 2.05) is 0 Å². The SMILES string of the molecule is COCCC(=O)NC(CNC(=O)[C@@H]1CCCN(C(=O)CCC2CCNCC2)C1)C(=O)O. The van der Waals surface area contributed by atoms with Gasteiger partial charge in [0.1, 0.15) is 6.04 Å². The maximum absolute atomic E-state index is 12.6. The van der Waals surface area contributed by atoms with Crippen molar-refractivity contribution in [1.29, 1.82) is 0 Å². The molecule has 0 saturated carbocycles. The Morgan fingerprint density at radius 1 is 1.16 bits per heavy atom. The summed E-state index contributed by atoms with van der Waals surface area (Å²) in [7, 11) is 1.45. The van der Waals surface area contributed by atoms with Crippen LogP contribution in [0.1, 0.15) is 44.9 Å². The standard InChI is InChI=1S/C21H36N4O6/c1-31-12-8-18(26)24-17(21(29)30)13-23-20(28)16-3-2-11-25(14-16)19(27)5-4-15-6-9-22-10-7-15/h15-17,22H,2-14H2,1H3,(H,23,28)(H,24,26)(H,29,30)/t16-,17?/m1/s1. The quantitative estimate of drug-likeness (QED) is 0.347. The van der Waals surface area contributed by atoms with Crippen LogP contribution in [-0.2, 0) is 23.9 Å². The van der Waals surface area contributed by atoms with Crippen molar-refractivity contribution in [3.05, 3.63) is 0 Å². The summed E-state index contributed by atoms with van der Waals surface area (Å²) in [6, 6.07) is -1.21. The predicted octanol–water partition coefficient (Wildman–Crippen LogP) is -0.273. The van der Waals surface area contributed by atoms with Crippen molar-refractivity contribution >= 4 is 23.7 Å². The number of carboxylic acids is 1. The summed E-state index contributed by atoms with van der Waals surface area (Å²) in [5.74, 6) is -1.65. The van der Waals surface area contributed by atoms with E-state index in [1.165, 1.54) is 7.11 Å². The second-order valence-electron chi connectivity index (χ2n) is 8.36. The summed E-state index contributed by atoms with van der Waals surface area (Å²) in [5.41, 5.74) is 0. The van der Waals surface area contributed by atoms with Gasteiger partial charge in [0, 0.05) is 39.6 Å². The topological polar surface area (TPSA) is 137 Å². The fraction of sp³-hybridized carbons (Fsp3) is 0.810. The van der Waals surface area contributed by atoms with Crippen molar-refractivity contribution in [3.8, 4) is 0 Å². The molecule has 10 nitrogen and oxygen atoms in total. The molecular weight excluding hydrogens is 404 g/mol. The second-order valence-corrected chi connectivity index (χ2v) is 8.36. The highest BCUT2D eigenvalue weighted by molar-refractivity contribution is 5.85. The van der Waals surface area contributed by atoms with E-state index in [1.54, 1.807) is 4.90 Å². The zero-order chi connectivity index (χ0) is 22.6. The monoisotopic (exact) mass is 440 g/mol. The highest BCUT2D eigenvalue weighted by Crippen LogP contribution is 2.21. The number of carbonyl (C=O) groups is 4. The Labute approximate surface area is 183 Å². The molecule has 0 aliphatic carbocycles. The van der Waals surface area contributed by atoms with Gasteiger partial charge in [-0.2, -0.15) is 0 Å². The minimum absolute atomic E-state index is 0.0469. The van der Waals surface area contributed by atoms with Gasteiger partial charge in [-0.3, -0.25) is 14.4 Å². The molecule has 2 heterocycles. The van der Waals surface area contributed by atoms with Gasteiger partial charge in [-0.1, -0.05) is 0 Å². The molecule has 1 unspecified atom stereocenters. The molecule has 2 aliphatic heterocycles. The molecule has 0 aromatic carbocycles. The van der Waals surface area contributed by atoms with Gasteiger partial charge in [0.2, 0.25) is 17.7 Å². The van der Waals surface area contributed by atoms with Crippen LogP contribution < -0.4 is 16.0 Å². The highest BCUT2D eigenvalue weighted by Gasteiger charge is 2.30. The molecule has 3 amide bonds. The highest BCUT2D eigenvalue weighted by atomic mass is 16.5. The Kier molecular flexibility index (Phi) is 10.7. The first kappa shape index (κ1) is 25.1. The third kappa shape index (κ3) is 8.82. The zero-order valence-corrected chi connectivity index (χ0v) is 18.4. The van der Waals surface area contributed by atoms with Crippen LogP contribution in [0.4, 0.5) is 0 Å². The molecule has 0 spiro atoms. The van der Waals surface area contributed by atoms with Gasteiger partial charge in [0.05, 0.1) is 12.5 Å². The average molecular weight is 441 g/mol. The van der Waals surface area contributed by atoms with Crippen LogP contribution in [0.3, 0.4) is 0 Å². The van der Waals surface area contributed by atoms with E-state index in [2.05, 4.69) is 16.0 Å². The van der Waals surface area contributed by atoms with Gasteiger partial charge < -0.3 is 30.7 Å². The summed E-state index contributed by atoms with van der Waals surface area (Å²) in [5, 5.41) is 17.6. The van der Waals surface area contributed by atoms with Crippen LogP contribution >= 0.6 is 0 Å². The molecule has 0 aromatic rings. The molecule has 0 aromatic heterocycles. The Balaban J connectivity index is 1.76. The molecule has 31 heavy (non-hydrogen) atoms. The van der Waals surface area contributed by atoms with Gasteiger partial charge in [-0.25, -0.2) is 4.79 Å². The minimum Gasteiger partial charge on any atom is -0.480 e. The van der Waals surface area contributed by atoms with Crippen LogP contribution in [-0.4, -0.2) is 86.2 Å². The number of carbonyl (C=O) groups excluding carboxylic acids is 3. The summed E-state index contributed by atoms with van der Waals surface area (Å²) >= 11 is 0. The fourth-order valence-corrected chi connectivity index (χ4v) is 4.08. The van der Waals surface area contributed by atoms with Crippen molar-refractivity contribution in [1.82, 2.24) is 20.9 Å². The fourth-order valence-electron chi connectivity index (χ4n) is 4.08. The number of rotatable bonds is 11. The number of piperidine rings is 2. The van der Waals surface area contributed by atoms with Crippen LogP contribution in [0.2, 0.25) is 0 Å². The van der Waals surface area contributed by atoms with Gasteiger partial charge in [-0.15, -0.1) is 0 Å². The van der Waals surface area contributed by atoms with Crippen molar-refractivity contribution < 1.29 is 29.0 Å². The van der Waals surface area contributed by atoms with Gasteiger partial charge in [-0.05, 0) is 51.1 Å². The summed E-state index contributed by atoms with van der Waals surface area (Å²) in [6.45, 7) is 3.02. The lowest BCUT2D eigenvalue weighted by Gasteiger charge is -2.33. The van der Waals surface area contributed by atoms with Gasteiger partial charge in [0.15, 0.2) is 0 Å². The summed E-state index contributed by atoms with van der Waals surface area (Å²) < 4.78 is 4.80. The molecule has 2 aliphatic rings. The summed E-state index contributed by atoms with van der Waals surface area (Å²) in [6.07, 6.45) is 5.04. The van der Waals surface area contributed by atoms with Crippen molar-refractivity contribution in [3.63, 3.8) is 0 Å². The first-order valence-corrected chi connectivity index (χ1v) is 11.2. The zero-order valence-electron chi connectivity index (χ0n) is 18.4. The second kappa shape index (κ2) is 13.3. The van der Waals surface area contributed by atoms with E-state index in [4.69, 9.17) is 4.74 Å². The van der Waals surface area contributed by atoms with Gasteiger partial charge >= 0.3 is 5.97 Å². The molecule has 176 valence electrons. The van der Waals surface area contributed by atoms with Crippen LogP contribution in [0, 0.1) is 11.8 Å². The third-order valence-electron chi connectivity index (χ3n) is 6.02. The van der Waals surface area contributed by atoms with E-state index in [0.717, 1.165) is 38.8 Å². The third-order valence-corrected chi connectivity index (χ3v) is 6.02. The summed E-state index contributed by atoms with van der Waals surface area (Å²) in [4.78, 5) is 50.1. The lowest BCUT2D eigenvalue weighted by Crippen LogP contribution is -2.51. The largest absolute Gasteiger partial charge is 0.480 e. The molecule has 10 heteroatoms. The molecule has 2 fully saturated rings. The molecule has 2 atom stereocenters. The number of nitrogens with zero attached hydrogens (tertiary/aromatic N) is 1. The maximum Gasteiger partial charge on any atom is 0.328 e. The van der Waals surface area contributed by atoms with Crippen molar-refractivity contribution in [2.75, 3.05) is 46.4 Å². The number of likely N-dealkylation sites (tertiary alicyclic amines) is 1. The average Bonchev–Trinajstić information content (AvgIpc) is 2.79. The van der Waals surface area contributed by atoms with Crippen LogP contribution in [0.5, 0.6) is 0 Å². The number of carboxylic acid groups (broad SMARTS) is 1. The molecule has 0 radical (unpaired) electrons. The first-order chi connectivity index (χ1) is 14.9. The number of ether oxygens (including phenoxy) is 1. The van der Waals surface area contributed by atoms with E-state index >= 15 is 0 Å². The van der Waals surface area contributed by atoms with E-state index in [9.17, 15) is 24.3 Å². The smallest absolute Gasteiger partial charge is 0.328 e. The molecule has 4 N–H and O–H groups in total. The van der Waals surface area contributed by atoms with E-state index < -0.39 is 17.9 Å². The van der Waals surface area contributed by atoms with Crippen LogP contribution in [0.25, 0.3) is 0 Å². The molecule has 2 saturated heterocycles. The number of amides is 3. The lowest BCUT2D eigenvalue weighted by molar-refractivity contribution is -0.142. The number of hydrogen-bond donors (Lipinski definition) is 4. The van der Waals surface area contributed by atoms with Crippen LogP contribution in [0.15, 0.2) is 0 Å². The Morgan fingerprint density at radius 3 is 2.58 bits per heavy atom. The lowest BCUT2D eigenvalue weighted by atomic mass is 9.92. The molecule has 0 bridgehead atoms. The normalized spacial score (nSPS) is 20.7. The minimum atomic E-state index is -1.22. The van der Waals surface area contributed by atoms with E-state index in [0.29, 0.717) is 31.8 Å². The van der Waals surface area contributed by atoms with E-state index in [-0.39, 0.29) is 37.3 Å². The Hall–Kier alpha value is -2.20.